The molecule has 1 saturated heterocycles. The topological polar surface area (TPSA) is 71.5 Å². The Morgan fingerprint density at radius 3 is 2.24 bits per heavy atom. The van der Waals surface area contributed by atoms with E-state index in [-0.39, 0.29) is 5.91 Å². The van der Waals surface area contributed by atoms with E-state index in [1.54, 1.807) is 12.4 Å². The van der Waals surface area contributed by atoms with Crippen molar-refractivity contribution in [2.75, 3.05) is 31.1 Å². The SMILES string of the molecule is Cc1ccc(Sc2ncccc2C(=O)N2CCN(c3nccc(-c4ccc(Oc5ccccc5)cc4)n3)CC2)cc1. The fourth-order valence-electron chi connectivity index (χ4n) is 4.61. The highest BCUT2D eigenvalue weighted by Gasteiger charge is 2.26. The van der Waals surface area contributed by atoms with Gasteiger partial charge < -0.3 is 14.5 Å². The Bertz CT molecular complexity index is 1620. The molecule has 1 fully saturated rings. The third-order valence-electron chi connectivity index (χ3n) is 6.86. The summed E-state index contributed by atoms with van der Waals surface area (Å²) < 4.78 is 5.91. The summed E-state index contributed by atoms with van der Waals surface area (Å²) in [5.41, 5.74) is 3.65. The predicted octanol–water partition coefficient (Wildman–Crippen LogP) is 6.75. The van der Waals surface area contributed by atoms with Crippen LogP contribution in [-0.4, -0.2) is 51.9 Å². The molecule has 0 bridgehead atoms. The Morgan fingerprint density at radius 1 is 0.756 bits per heavy atom. The molecular formula is C33H29N5O2S. The second kappa shape index (κ2) is 12.2. The highest BCUT2D eigenvalue weighted by molar-refractivity contribution is 7.99. The molecule has 0 radical (unpaired) electrons. The Labute approximate surface area is 243 Å². The number of piperazine rings is 1. The third kappa shape index (κ3) is 6.39. The number of hydrogen-bond donors (Lipinski definition) is 0. The smallest absolute Gasteiger partial charge is 0.256 e. The normalized spacial score (nSPS) is 13.2. The van der Waals surface area contributed by atoms with Gasteiger partial charge in [-0.25, -0.2) is 15.0 Å². The van der Waals surface area contributed by atoms with Crippen LogP contribution >= 0.6 is 11.8 Å². The number of ether oxygens (including phenoxy) is 1. The number of nitrogens with zero attached hydrogens (tertiary/aromatic N) is 5. The molecular weight excluding hydrogens is 530 g/mol. The molecule has 3 heterocycles. The number of amides is 1. The molecule has 8 heteroatoms. The number of carbonyl (C=O) groups is 1. The van der Waals surface area contributed by atoms with Gasteiger partial charge in [-0.1, -0.05) is 47.7 Å². The van der Waals surface area contributed by atoms with Gasteiger partial charge in [0.15, 0.2) is 0 Å². The summed E-state index contributed by atoms with van der Waals surface area (Å²) in [6.45, 7) is 4.54. The molecule has 0 N–H and O–H groups in total. The van der Waals surface area contributed by atoms with Crippen molar-refractivity contribution in [3.05, 3.63) is 121 Å². The van der Waals surface area contributed by atoms with E-state index in [4.69, 9.17) is 9.72 Å². The van der Waals surface area contributed by atoms with Gasteiger partial charge in [-0.15, -0.1) is 0 Å². The maximum Gasteiger partial charge on any atom is 0.256 e. The summed E-state index contributed by atoms with van der Waals surface area (Å²) in [5.74, 6) is 2.23. The van der Waals surface area contributed by atoms with E-state index in [1.165, 1.54) is 17.3 Å². The first-order valence-electron chi connectivity index (χ1n) is 13.5. The zero-order chi connectivity index (χ0) is 28.0. The summed E-state index contributed by atoms with van der Waals surface area (Å²) in [6.07, 6.45) is 3.52. The Morgan fingerprint density at radius 2 is 1.49 bits per heavy atom. The maximum absolute atomic E-state index is 13.5. The van der Waals surface area contributed by atoms with Crippen LogP contribution in [0.1, 0.15) is 15.9 Å². The van der Waals surface area contributed by atoms with Gasteiger partial charge in [0.05, 0.1) is 11.3 Å². The Kier molecular flexibility index (Phi) is 7.91. The van der Waals surface area contributed by atoms with Crippen molar-refractivity contribution in [1.82, 2.24) is 19.9 Å². The quantitative estimate of drug-likeness (QED) is 0.218. The second-order valence-electron chi connectivity index (χ2n) is 9.73. The first-order chi connectivity index (χ1) is 20.1. The van der Waals surface area contributed by atoms with Gasteiger partial charge in [-0.3, -0.25) is 4.79 Å². The minimum Gasteiger partial charge on any atom is -0.457 e. The zero-order valence-electron chi connectivity index (χ0n) is 22.7. The molecule has 204 valence electrons. The molecule has 1 amide bonds. The van der Waals surface area contributed by atoms with Crippen LogP contribution in [0.15, 0.2) is 119 Å². The molecule has 0 unspecified atom stereocenters. The van der Waals surface area contributed by atoms with E-state index in [9.17, 15) is 4.79 Å². The summed E-state index contributed by atoms with van der Waals surface area (Å²) >= 11 is 1.52. The van der Waals surface area contributed by atoms with Gasteiger partial charge in [-0.05, 0) is 73.7 Å². The summed E-state index contributed by atoms with van der Waals surface area (Å²) in [4.78, 5) is 32.5. The number of para-hydroxylation sites is 1. The number of aryl methyl sites for hydroxylation is 1. The molecule has 0 saturated carbocycles. The largest absolute Gasteiger partial charge is 0.457 e. The minimum atomic E-state index is -0.000146. The van der Waals surface area contributed by atoms with Crippen molar-refractivity contribution < 1.29 is 9.53 Å². The fourth-order valence-corrected chi connectivity index (χ4v) is 5.49. The maximum atomic E-state index is 13.5. The van der Waals surface area contributed by atoms with Crippen LogP contribution in [0.25, 0.3) is 11.3 Å². The lowest BCUT2D eigenvalue weighted by atomic mass is 10.1. The average Bonchev–Trinajstić information content (AvgIpc) is 3.03. The molecule has 6 rings (SSSR count). The Balaban J connectivity index is 1.10. The number of benzene rings is 3. The molecule has 0 aliphatic carbocycles. The first-order valence-corrected chi connectivity index (χ1v) is 14.3. The molecule has 0 atom stereocenters. The highest BCUT2D eigenvalue weighted by Crippen LogP contribution is 2.30. The third-order valence-corrected chi connectivity index (χ3v) is 7.89. The van der Waals surface area contributed by atoms with Crippen LogP contribution in [0.5, 0.6) is 11.5 Å². The van der Waals surface area contributed by atoms with Crippen molar-refractivity contribution >= 4 is 23.6 Å². The summed E-state index contributed by atoms with van der Waals surface area (Å²) in [6, 6.07) is 31.4. The van der Waals surface area contributed by atoms with Crippen molar-refractivity contribution in [2.45, 2.75) is 16.8 Å². The van der Waals surface area contributed by atoms with Crippen LogP contribution < -0.4 is 9.64 Å². The van der Waals surface area contributed by atoms with E-state index < -0.39 is 0 Å². The van der Waals surface area contributed by atoms with Crippen LogP contribution in [0.4, 0.5) is 5.95 Å². The molecule has 1 aliphatic heterocycles. The van der Waals surface area contributed by atoms with Gasteiger partial charge in [0.1, 0.15) is 16.5 Å². The van der Waals surface area contributed by atoms with Gasteiger partial charge in [0.25, 0.3) is 5.91 Å². The molecule has 2 aromatic heterocycles. The molecule has 7 nitrogen and oxygen atoms in total. The van der Waals surface area contributed by atoms with E-state index in [1.807, 2.05) is 77.7 Å². The molecule has 5 aromatic rings. The van der Waals surface area contributed by atoms with Gasteiger partial charge >= 0.3 is 0 Å². The van der Waals surface area contributed by atoms with E-state index in [0.717, 1.165) is 32.7 Å². The minimum absolute atomic E-state index is 0.000146. The van der Waals surface area contributed by atoms with Crippen molar-refractivity contribution in [3.63, 3.8) is 0 Å². The monoisotopic (exact) mass is 559 g/mol. The first kappa shape index (κ1) is 26.5. The summed E-state index contributed by atoms with van der Waals surface area (Å²) in [7, 11) is 0. The molecule has 1 aliphatic rings. The number of hydrogen-bond acceptors (Lipinski definition) is 7. The predicted molar refractivity (Wildman–Crippen MR) is 162 cm³/mol. The van der Waals surface area contributed by atoms with Gasteiger partial charge in [0, 0.05) is 49.0 Å². The van der Waals surface area contributed by atoms with Crippen LogP contribution in [-0.2, 0) is 0 Å². The van der Waals surface area contributed by atoms with Crippen LogP contribution in [0, 0.1) is 6.92 Å². The van der Waals surface area contributed by atoms with Crippen LogP contribution in [0.3, 0.4) is 0 Å². The van der Waals surface area contributed by atoms with E-state index in [2.05, 4.69) is 46.1 Å². The summed E-state index contributed by atoms with van der Waals surface area (Å²) in [5, 5.41) is 0.722. The lowest BCUT2D eigenvalue weighted by molar-refractivity contribution is 0.0742. The number of aromatic nitrogens is 3. The Hall–Kier alpha value is -4.69. The van der Waals surface area contributed by atoms with Crippen molar-refractivity contribution in [1.29, 1.82) is 0 Å². The number of rotatable bonds is 7. The zero-order valence-corrected chi connectivity index (χ0v) is 23.5. The number of pyridine rings is 1. The molecule has 41 heavy (non-hydrogen) atoms. The fraction of sp³-hybridized carbons (Fsp3) is 0.152. The lowest BCUT2D eigenvalue weighted by Gasteiger charge is -2.35. The van der Waals surface area contributed by atoms with E-state index in [0.29, 0.717) is 37.7 Å². The molecule has 3 aromatic carbocycles. The van der Waals surface area contributed by atoms with E-state index >= 15 is 0 Å². The number of anilines is 1. The van der Waals surface area contributed by atoms with Crippen molar-refractivity contribution in [2.24, 2.45) is 0 Å². The highest BCUT2D eigenvalue weighted by atomic mass is 32.2. The van der Waals surface area contributed by atoms with Crippen LogP contribution in [0.2, 0.25) is 0 Å². The second-order valence-corrected chi connectivity index (χ2v) is 10.8. The standard InChI is InChI=1S/C33H29N5O2S/c1-24-9-15-28(16-10-24)41-31-29(8-5-18-34-31)32(39)37-20-22-38(23-21-37)33-35-19-17-30(36-33)25-11-13-27(14-12-25)40-26-6-3-2-4-7-26/h2-19H,20-23H2,1H3. The molecule has 0 spiro atoms. The average molecular weight is 560 g/mol. The number of carbonyl (C=O) groups excluding carboxylic acids is 1. The lowest BCUT2D eigenvalue weighted by Crippen LogP contribution is -2.49. The van der Waals surface area contributed by atoms with Gasteiger partial charge in [0.2, 0.25) is 5.95 Å². The van der Waals surface area contributed by atoms with Gasteiger partial charge in [-0.2, -0.15) is 0 Å². The van der Waals surface area contributed by atoms with Crippen molar-refractivity contribution in [3.8, 4) is 22.8 Å².